The summed E-state index contributed by atoms with van der Waals surface area (Å²) in [6, 6.07) is 0.252. The Morgan fingerprint density at radius 2 is 1.50 bits per heavy atom. The molecular formula is C17H31NO4. The van der Waals surface area contributed by atoms with Crippen LogP contribution in [0.2, 0.25) is 0 Å². The maximum absolute atomic E-state index is 10.6. The molecule has 0 radical (unpaired) electrons. The first-order valence-corrected chi connectivity index (χ1v) is 8.70. The molecule has 0 saturated heterocycles. The summed E-state index contributed by atoms with van der Waals surface area (Å²) in [6.07, 6.45) is 10.7. The Morgan fingerprint density at radius 3 is 2.18 bits per heavy atom. The molecule has 1 rings (SSSR count). The molecule has 1 fully saturated rings. The maximum Gasteiger partial charge on any atom is 0.303 e. The van der Waals surface area contributed by atoms with Gasteiger partial charge in [0.1, 0.15) is 0 Å². The van der Waals surface area contributed by atoms with Gasteiger partial charge in [-0.3, -0.25) is 9.59 Å². The SMILES string of the molecule is NC1CCCC(CCCC(=O)O)C1CCCCCCC(=O)O. The van der Waals surface area contributed by atoms with Gasteiger partial charge in [-0.2, -0.15) is 0 Å². The van der Waals surface area contributed by atoms with E-state index in [9.17, 15) is 9.59 Å². The maximum atomic E-state index is 10.6. The van der Waals surface area contributed by atoms with E-state index in [2.05, 4.69) is 0 Å². The van der Waals surface area contributed by atoms with E-state index in [1.165, 1.54) is 6.42 Å². The number of hydrogen-bond donors (Lipinski definition) is 3. The van der Waals surface area contributed by atoms with Crippen LogP contribution in [0, 0.1) is 11.8 Å². The lowest BCUT2D eigenvalue weighted by Gasteiger charge is -2.36. The van der Waals surface area contributed by atoms with Gasteiger partial charge in [0.05, 0.1) is 0 Å². The van der Waals surface area contributed by atoms with Crippen molar-refractivity contribution >= 4 is 11.9 Å². The van der Waals surface area contributed by atoms with Crippen molar-refractivity contribution in [1.82, 2.24) is 0 Å². The Labute approximate surface area is 133 Å². The van der Waals surface area contributed by atoms with Crippen molar-refractivity contribution in [3.63, 3.8) is 0 Å². The van der Waals surface area contributed by atoms with Crippen molar-refractivity contribution in [2.45, 2.75) is 83.1 Å². The summed E-state index contributed by atoms with van der Waals surface area (Å²) in [5.41, 5.74) is 6.29. The van der Waals surface area contributed by atoms with Gasteiger partial charge in [-0.05, 0) is 43.9 Å². The fraction of sp³-hybridized carbons (Fsp3) is 0.882. The topological polar surface area (TPSA) is 101 Å². The molecular weight excluding hydrogens is 282 g/mol. The van der Waals surface area contributed by atoms with Crippen molar-refractivity contribution in [2.75, 3.05) is 0 Å². The minimum atomic E-state index is -0.715. The molecule has 4 N–H and O–H groups in total. The number of unbranched alkanes of at least 4 members (excludes halogenated alkanes) is 3. The molecule has 0 amide bonds. The van der Waals surface area contributed by atoms with Crippen LogP contribution in [0.3, 0.4) is 0 Å². The van der Waals surface area contributed by atoms with Crippen molar-refractivity contribution in [3.8, 4) is 0 Å². The summed E-state index contributed by atoms with van der Waals surface area (Å²) in [4.78, 5) is 21.1. The third kappa shape index (κ3) is 7.78. The smallest absolute Gasteiger partial charge is 0.303 e. The van der Waals surface area contributed by atoms with E-state index in [-0.39, 0.29) is 18.9 Å². The molecule has 3 atom stereocenters. The van der Waals surface area contributed by atoms with E-state index in [1.54, 1.807) is 0 Å². The number of rotatable bonds is 11. The highest BCUT2D eigenvalue weighted by Crippen LogP contribution is 2.36. The third-order valence-corrected chi connectivity index (χ3v) is 4.91. The zero-order chi connectivity index (χ0) is 16.4. The van der Waals surface area contributed by atoms with Crippen molar-refractivity contribution in [2.24, 2.45) is 17.6 Å². The average Bonchev–Trinajstić information content (AvgIpc) is 2.44. The van der Waals surface area contributed by atoms with Crippen LogP contribution in [0.1, 0.15) is 77.0 Å². The van der Waals surface area contributed by atoms with Crippen molar-refractivity contribution < 1.29 is 19.8 Å². The van der Waals surface area contributed by atoms with E-state index in [0.717, 1.165) is 57.8 Å². The standard InChI is InChI=1S/C17H31NO4/c18-15-10-5-7-13(8-6-12-17(21)22)14(15)9-3-1-2-4-11-16(19)20/h13-15H,1-12,18H2,(H,19,20)(H,21,22). The number of aliphatic carboxylic acids is 2. The van der Waals surface area contributed by atoms with E-state index in [1.807, 2.05) is 0 Å². The van der Waals surface area contributed by atoms with Crippen LogP contribution in [-0.4, -0.2) is 28.2 Å². The lowest BCUT2D eigenvalue weighted by atomic mass is 9.72. The Hall–Kier alpha value is -1.10. The summed E-state index contributed by atoms with van der Waals surface area (Å²) < 4.78 is 0. The average molecular weight is 313 g/mol. The number of carboxylic acid groups (broad SMARTS) is 2. The van der Waals surface area contributed by atoms with Gasteiger partial charge >= 0.3 is 11.9 Å². The monoisotopic (exact) mass is 313 g/mol. The molecule has 1 aliphatic carbocycles. The molecule has 5 nitrogen and oxygen atoms in total. The molecule has 1 saturated carbocycles. The summed E-state index contributed by atoms with van der Waals surface area (Å²) >= 11 is 0. The van der Waals surface area contributed by atoms with Crippen LogP contribution in [0.25, 0.3) is 0 Å². The first kappa shape index (κ1) is 18.9. The molecule has 128 valence electrons. The highest BCUT2D eigenvalue weighted by Gasteiger charge is 2.30. The molecule has 22 heavy (non-hydrogen) atoms. The lowest BCUT2D eigenvalue weighted by molar-refractivity contribution is -0.138. The molecule has 0 aromatic carbocycles. The zero-order valence-electron chi connectivity index (χ0n) is 13.5. The molecule has 0 heterocycles. The summed E-state index contributed by atoms with van der Waals surface area (Å²) in [5, 5.41) is 17.4. The van der Waals surface area contributed by atoms with Crippen LogP contribution >= 0.6 is 0 Å². The normalized spacial score (nSPS) is 25.0. The molecule has 0 aromatic rings. The highest BCUT2D eigenvalue weighted by atomic mass is 16.4. The van der Waals surface area contributed by atoms with Gasteiger partial charge < -0.3 is 15.9 Å². The van der Waals surface area contributed by atoms with E-state index < -0.39 is 11.9 Å². The molecule has 0 bridgehead atoms. The molecule has 3 unspecified atom stereocenters. The van der Waals surface area contributed by atoms with E-state index in [4.69, 9.17) is 15.9 Å². The van der Waals surface area contributed by atoms with Gasteiger partial charge in [0.2, 0.25) is 0 Å². The van der Waals surface area contributed by atoms with Crippen LogP contribution in [-0.2, 0) is 9.59 Å². The highest BCUT2D eigenvalue weighted by molar-refractivity contribution is 5.66. The van der Waals surface area contributed by atoms with Crippen LogP contribution in [0.15, 0.2) is 0 Å². The van der Waals surface area contributed by atoms with Gasteiger partial charge in [-0.15, -0.1) is 0 Å². The minimum absolute atomic E-state index is 0.252. The van der Waals surface area contributed by atoms with Gasteiger partial charge in [0, 0.05) is 18.9 Å². The summed E-state index contributed by atoms with van der Waals surface area (Å²) in [6.45, 7) is 0. The molecule has 1 aliphatic rings. The van der Waals surface area contributed by atoms with E-state index in [0.29, 0.717) is 11.8 Å². The summed E-state index contributed by atoms with van der Waals surface area (Å²) in [5.74, 6) is -0.341. The fourth-order valence-corrected chi connectivity index (χ4v) is 3.73. The fourth-order valence-electron chi connectivity index (χ4n) is 3.73. The first-order chi connectivity index (χ1) is 10.5. The largest absolute Gasteiger partial charge is 0.481 e. The van der Waals surface area contributed by atoms with Crippen molar-refractivity contribution in [1.29, 1.82) is 0 Å². The number of hydrogen-bond acceptors (Lipinski definition) is 3. The van der Waals surface area contributed by atoms with Gasteiger partial charge in [-0.25, -0.2) is 0 Å². The Kier molecular flexibility index (Phi) is 9.13. The predicted octanol–water partition coefficient (Wildman–Crippen LogP) is 3.41. The van der Waals surface area contributed by atoms with Gasteiger partial charge in [0.25, 0.3) is 0 Å². The van der Waals surface area contributed by atoms with Crippen molar-refractivity contribution in [3.05, 3.63) is 0 Å². The zero-order valence-corrected chi connectivity index (χ0v) is 13.5. The number of carboxylic acids is 2. The number of nitrogens with two attached hydrogens (primary N) is 1. The Balaban J connectivity index is 2.25. The van der Waals surface area contributed by atoms with Gasteiger partial charge in [-0.1, -0.05) is 32.1 Å². The molecule has 0 aromatic heterocycles. The second-order valence-electron chi connectivity index (χ2n) is 6.65. The quantitative estimate of drug-likeness (QED) is 0.507. The second-order valence-corrected chi connectivity index (χ2v) is 6.65. The molecule has 0 aliphatic heterocycles. The summed E-state index contributed by atoms with van der Waals surface area (Å²) in [7, 11) is 0. The third-order valence-electron chi connectivity index (χ3n) is 4.91. The molecule has 0 spiro atoms. The predicted molar refractivity (Wildman–Crippen MR) is 85.6 cm³/mol. The minimum Gasteiger partial charge on any atom is -0.481 e. The number of carbonyl (C=O) groups is 2. The lowest BCUT2D eigenvalue weighted by Crippen LogP contribution is -2.38. The Morgan fingerprint density at radius 1 is 0.864 bits per heavy atom. The van der Waals surface area contributed by atoms with Crippen LogP contribution in [0.5, 0.6) is 0 Å². The molecule has 5 heteroatoms. The van der Waals surface area contributed by atoms with Gasteiger partial charge in [0.15, 0.2) is 0 Å². The Bertz CT molecular complexity index is 346. The van der Waals surface area contributed by atoms with Crippen LogP contribution in [0.4, 0.5) is 0 Å². The first-order valence-electron chi connectivity index (χ1n) is 8.70. The van der Waals surface area contributed by atoms with Crippen LogP contribution < -0.4 is 5.73 Å². The van der Waals surface area contributed by atoms with E-state index >= 15 is 0 Å². The second kappa shape index (κ2) is 10.6.